The third-order valence-corrected chi connectivity index (χ3v) is 8.16. The first kappa shape index (κ1) is 26.6. The van der Waals surface area contributed by atoms with Gasteiger partial charge in [0, 0.05) is 54.4 Å². The fourth-order valence-corrected chi connectivity index (χ4v) is 5.95. The molecule has 0 bridgehead atoms. The normalized spacial score (nSPS) is 14.3. The Balaban J connectivity index is 0.000000289. The van der Waals surface area contributed by atoms with E-state index in [9.17, 15) is 0 Å². The van der Waals surface area contributed by atoms with Crippen LogP contribution in [0.25, 0.3) is 66.7 Å². The predicted molar refractivity (Wildman–Crippen MR) is 208 cm³/mol. The van der Waals surface area contributed by atoms with Crippen molar-refractivity contribution in [1.29, 1.82) is 0 Å². The first-order chi connectivity index (χ1) is 27.4. The van der Waals surface area contributed by atoms with Crippen LogP contribution in [-0.4, -0.2) is 9.97 Å². The topological polar surface area (TPSA) is 38.9 Å². The molecule has 0 aliphatic carbocycles. The van der Waals surface area contributed by atoms with Gasteiger partial charge in [-0.05, 0) is 76.3 Å². The Labute approximate surface area is 326 Å². The molecule has 0 unspecified atom stereocenters. The number of aryl methyl sites for hydroxylation is 2. The third-order valence-electron chi connectivity index (χ3n) is 8.16. The molecule has 0 saturated heterocycles. The van der Waals surface area contributed by atoms with Crippen molar-refractivity contribution in [2.75, 3.05) is 0 Å². The van der Waals surface area contributed by atoms with Crippen molar-refractivity contribution in [3.63, 3.8) is 0 Å². The minimum atomic E-state index is -2.44. The predicted octanol–water partition coefficient (Wildman–Crippen LogP) is 12.5. The maximum atomic E-state index is 8.69. The van der Waals surface area contributed by atoms with E-state index in [1.54, 1.807) is 42.6 Å². The first-order valence-corrected chi connectivity index (χ1v) is 16.4. The van der Waals surface area contributed by atoms with Crippen LogP contribution in [0.4, 0.5) is 0 Å². The van der Waals surface area contributed by atoms with E-state index in [1.165, 1.54) is 12.3 Å². The van der Waals surface area contributed by atoms with Gasteiger partial charge in [-0.1, -0.05) is 117 Å². The molecular weight excluding hydrogens is 801 g/mol. The zero-order chi connectivity index (χ0) is 41.5. The fraction of sp³-hybridized carbons (Fsp3) is 0.149. The molecule has 0 spiro atoms. The van der Waals surface area contributed by atoms with Gasteiger partial charge in [-0.2, -0.15) is 0 Å². The zero-order valence-corrected chi connectivity index (χ0v) is 30.8. The average Bonchev–Trinajstić information content (AvgIpc) is 3.60. The standard InChI is InChI=1S/C35H30NO.C12H10N.Ir/c1-23-20-24(22-35(2,3)4)16-17-27(23)26-18-19-36-32(21-26)31-15-9-14-30-29-13-8-12-28(33(29)37-34(30)31)25-10-6-5-7-11-25;1-10-7-8-12(13-9-10)11-5-3-2-4-6-11;/h5-14,16-21H,22H2,1-4H3;2-5,7-9H,1H3;/q2*-1;/i1D3,22D2;1D3;. The van der Waals surface area contributed by atoms with Crippen LogP contribution in [-0.2, 0) is 26.5 Å². The molecule has 0 fully saturated rings. The van der Waals surface area contributed by atoms with Crippen LogP contribution in [0.2, 0.25) is 0 Å². The van der Waals surface area contributed by atoms with Crippen LogP contribution in [0, 0.1) is 31.3 Å². The Hall–Kier alpha value is -5.15. The minimum Gasteiger partial charge on any atom is -0.500 e. The monoisotopic (exact) mass is 849 g/mol. The largest absolute Gasteiger partial charge is 0.500 e. The van der Waals surface area contributed by atoms with Crippen LogP contribution >= 0.6 is 0 Å². The van der Waals surface area contributed by atoms with Gasteiger partial charge < -0.3 is 14.4 Å². The van der Waals surface area contributed by atoms with Crippen LogP contribution in [0.1, 0.15) is 48.4 Å². The van der Waals surface area contributed by atoms with Crippen molar-refractivity contribution in [3.8, 4) is 44.8 Å². The molecule has 4 heteroatoms. The van der Waals surface area contributed by atoms with Crippen molar-refractivity contribution in [1.82, 2.24) is 9.97 Å². The van der Waals surface area contributed by atoms with Gasteiger partial charge in [0.05, 0.1) is 5.58 Å². The second-order valence-corrected chi connectivity index (χ2v) is 13.0. The molecule has 5 aromatic carbocycles. The molecule has 0 atom stereocenters. The van der Waals surface area contributed by atoms with E-state index in [1.807, 2.05) is 93.6 Å². The Bertz CT molecular complexity index is 2700. The molecule has 0 aliphatic rings. The van der Waals surface area contributed by atoms with Crippen molar-refractivity contribution in [2.24, 2.45) is 5.41 Å². The molecule has 0 N–H and O–H groups in total. The average molecular weight is 849 g/mol. The van der Waals surface area contributed by atoms with Crippen LogP contribution in [0.5, 0.6) is 0 Å². The Morgan fingerprint density at radius 3 is 2.27 bits per heavy atom. The molecule has 0 amide bonds. The number of para-hydroxylation sites is 1. The number of fused-ring (bicyclic) bond motifs is 3. The molecule has 0 saturated carbocycles. The summed E-state index contributed by atoms with van der Waals surface area (Å²) in [5.41, 5.74) is 7.53. The molecular formula is C47H40IrN2O-2. The number of hydrogen-bond donors (Lipinski definition) is 0. The summed E-state index contributed by atoms with van der Waals surface area (Å²) >= 11 is 0. The molecule has 0 aliphatic heterocycles. The number of benzene rings is 5. The van der Waals surface area contributed by atoms with Crippen molar-refractivity contribution in [3.05, 3.63) is 169 Å². The van der Waals surface area contributed by atoms with Gasteiger partial charge in [-0.3, -0.25) is 0 Å². The Morgan fingerprint density at radius 2 is 1.53 bits per heavy atom. The van der Waals surface area contributed by atoms with Crippen LogP contribution < -0.4 is 0 Å². The SMILES string of the molecule is [2H]C([2H])([2H])c1cc(C([2H])([2H])C(C)(C)C)ccc1-c1ccnc(-c2[c-]ccc3c2oc2c(-c4ccccc4)cccc23)c1.[2H]C([2H])([2H])c1ccc(-c2[c-]cccc2)nc1.[Ir]. The van der Waals surface area contributed by atoms with Gasteiger partial charge in [-0.25, -0.2) is 0 Å². The summed E-state index contributed by atoms with van der Waals surface area (Å²) < 4.78 is 70.4. The summed E-state index contributed by atoms with van der Waals surface area (Å²) in [6.45, 7) is 0.891. The van der Waals surface area contributed by atoms with Gasteiger partial charge in [0.1, 0.15) is 5.58 Å². The number of nitrogens with zero attached hydrogens (tertiary/aromatic N) is 2. The van der Waals surface area contributed by atoms with Crippen molar-refractivity contribution >= 4 is 21.9 Å². The van der Waals surface area contributed by atoms with E-state index in [0.717, 1.165) is 38.7 Å². The summed E-state index contributed by atoms with van der Waals surface area (Å²) in [6.07, 6.45) is 1.32. The molecule has 3 aromatic heterocycles. The number of furan rings is 1. The number of hydrogen-bond acceptors (Lipinski definition) is 3. The second-order valence-electron chi connectivity index (χ2n) is 13.0. The number of aromatic nitrogens is 2. The smallest absolute Gasteiger partial charge is 0.128 e. The molecule has 1 radical (unpaired) electrons. The Morgan fingerprint density at radius 1 is 0.686 bits per heavy atom. The van der Waals surface area contributed by atoms with Gasteiger partial charge in [0.2, 0.25) is 0 Å². The summed E-state index contributed by atoms with van der Waals surface area (Å²) in [5.74, 6) is 0. The number of pyridine rings is 2. The summed E-state index contributed by atoms with van der Waals surface area (Å²) in [5, 5.41) is 1.94. The van der Waals surface area contributed by atoms with Gasteiger partial charge in [0.25, 0.3) is 0 Å². The first-order valence-electron chi connectivity index (χ1n) is 20.4. The maximum Gasteiger partial charge on any atom is 0.128 e. The van der Waals surface area contributed by atoms with Crippen LogP contribution in [0.15, 0.2) is 144 Å². The molecule has 255 valence electrons. The molecule has 3 nitrogen and oxygen atoms in total. The molecule has 3 heterocycles. The van der Waals surface area contributed by atoms with E-state index in [-0.39, 0.29) is 31.2 Å². The number of rotatable bonds is 5. The van der Waals surface area contributed by atoms with Crippen molar-refractivity contribution in [2.45, 2.75) is 40.8 Å². The fourth-order valence-electron chi connectivity index (χ4n) is 5.95. The van der Waals surface area contributed by atoms with Crippen LogP contribution in [0.3, 0.4) is 0 Å². The second kappa shape index (κ2) is 15.4. The van der Waals surface area contributed by atoms with Gasteiger partial charge in [-0.15, -0.1) is 54.1 Å². The zero-order valence-electron chi connectivity index (χ0n) is 36.4. The summed E-state index contributed by atoms with van der Waals surface area (Å²) in [4.78, 5) is 8.75. The minimum absolute atomic E-state index is 0. The quantitative estimate of drug-likeness (QED) is 0.162. The molecule has 8 rings (SSSR count). The summed E-state index contributed by atoms with van der Waals surface area (Å²) in [6, 6.07) is 45.6. The molecule has 8 aromatic rings. The van der Waals surface area contributed by atoms with E-state index in [2.05, 4.69) is 34.2 Å². The third kappa shape index (κ3) is 8.10. The van der Waals surface area contributed by atoms with E-state index in [0.29, 0.717) is 33.5 Å². The molecule has 51 heavy (non-hydrogen) atoms. The van der Waals surface area contributed by atoms with Gasteiger partial charge in [0.15, 0.2) is 0 Å². The van der Waals surface area contributed by atoms with E-state index < -0.39 is 25.5 Å². The van der Waals surface area contributed by atoms with E-state index >= 15 is 0 Å². The summed E-state index contributed by atoms with van der Waals surface area (Å²) in [7, 11) is 0. The van der Waals surface area contributed by atoms with Gasteiger partial charge >= 0.3 is 0 Å². The Kier molecular flexibility index (Phi) is 8.04. The maximum absolute atomic E-state index is 8.69. The van der Waals surface area contributed by atoms with E-state index in [4.69, 9.17) is 15.4 Å². The van der Waals surface area contributed by atoms with Crippen molar-refractivity contribution < 1.29 is 35.5 Å².